The summed E-state index contributed by atoms with van der Waals surface area (Å²) in [6, 6.07) is 15.5. The summed E-state index contributed by atoms with van der Waals surface area (Å²) in [5.74, 6) is 0.751. The van der Waals surface area contributed by atoms with Crippen LogP contribution in [0.25, 0.3) is 0 Å². The number of carbonyl (C=O) groups excluding carboxylic acids is 1. The summed E-state index contributed by atoms with van der Waals surface area (Å²) in [6.45, 7) is 0.716. The monoisotopic (exact) mass is 485 g/mol. The summed E-state index contributed by atoms with van der Waals surface area (Å²) in [6.07, 6.45) is 7.30. The second kappa shape index (κ2) is 7.42. The Morgan fingerprint density at radius 3 is 2.77 bits per heavy atom. The van der Waals surface area contributed by atoms with Crippen LogP contribution in [-0.4, -0.2) is 39.4 Å². The Morgan fingerprint density at radius 1 is 1.06 bits per heavy atom. The minimum absolute atomic E-state index is 0.0111. The van der Waals surface area contributed by atoms with E-state index in [0.717, 1.165) is 45.9 Å². The number of benzene rings is 2. The first-order valence-electron chi connectivity index (χ1n) is 11.7. The Balaban J connectivity index is 1.56. The van der Waals surface area contributed by atoms with Crippen LogP contribution in [0.2, 0.25) is 0 Å². The number of nitrogens with zero attached hydrogens (tertiary/aromatic N) is 3. The highest BCUT2D eigenvalue weighted by Crippen LogP contribution is 2.49. The molecule has 1 saturated carbocycles. The number of amides is 1. The first-order chi connectivity index (χ1) is 17.1. The molecule has 4 aliphatic rings. The van der Waals surface area contributed by atoms with Gasteiger partial charge in [0.1, 0.15) is 25.1 Å². The van der Waals surface area contributed by atoms with Crippen LogP contribution in [0.4, 0.5) is 0 Å². The van der Waals surface area contributed by atoms with Gasteiger partial charge in [-0.15, -0.1) is 11.8 Å². The van der Waals surface area contributed by atoms with E-state index in [4.69, 9.17) is 4.74 Å². The molecule has 0 radical (unpaired) electrons. The molecule has 3 aromatic rings. The number of fused-ring (bicyclic) bond motifs is 8. The summed E-state index contributed by atoms with van der Waals surface area (Å²) in [5.41, 5.74) is 2.31. The zero-order chi connectivity index (χ0) is 23.7. The Bertz CT molecular complexity index is 1480. The molecule has 3 aliphatic heterocycles. The highest BCUT2D eigenvalue weighted by Gasteiger charge is 2.52. The molecule has 7 rings (SSSR count). The standard InChI is InChI=1S/C27H23N3O4S/c31-19-9-13-29-24(25(19)32)26(33)28-16-30(29)23-18-6-1-2-8-21(18)35-15-17-5-3-7-20(22(17)23)34-14-4-10-27(28)11-12-27/h1-10,13,23,32H,11-12,14-16H2/b10-4-/t23-/m0/s1. The van der Waals surface area contributed by atoms with Gasteiger partial charge >= 0.3 is 0 Å². The van der Waals surface area contributed by atoms with E-state index in [-0.39, 0.29) is 17.6 Å². The number of rotatable bonds is 0. The van der Waals surface area contributed by atoms with E-state index in [1.165, 1.54) is 6.07 Å². The van der Waals surface area contributed by atoms with Crippen molar-refractivity contribution in [1.82, 2.24) is 9.58 Å². The van der Waals surface area contributed by atoms with Crippen molar-refractivity contribution >= 4 is 17.7 Å². The first kappa shape index (κ1) is 20.7. The van der Waals surface area contributed by atoms with Crippen molar-refractivity contribution in [3.63, 3.8) is 0 Å². The third kappa shape index (κ3) is 2.99. The van der Waals surface area contributed by atoms with Gasteiger partial charge in [-0.1, -0.05) is 36.4 Å². The lowest BCUT2D eigenvalue weighted by atomic mass is 9.93. The highest BCUT2D eigenvalue weighted by atomic mass is 32.2. The largest absolute Gasteiger partial charge is 0.502 e. The van der Waals surface area contributed by atoms with Gasteiger partial charge in [-0.2, -0.15) is 0 Å². The van der Waals surface area contributed by atoms with Gasteiger partial charge < -0.3 is 14.7 Å². The Hall–Kier alpha value is -3.65. The van der Waals surface area contributed by atoms with E-state index in [9.17, 15) is 14.7 Å². The Labute approximate surface area is 206 Å². The summed E-state index contributed by atoms with van der Waals surface area (Å²) >= 11 is 1.78. The molecular weight excluding hydrogens is 462 g/mol. The molecule has 0 saturated heterocycles. The molecule has 1 atom stereocenters. The van der Waals surface area contributed by atoms with Crippen molar-refractivity contribution in [2.24, 2.45) is 0 Å². The third-order valence-corrected chi connectivity index (χ3v) is 8.59. The minimum Gasteiger partial charge on any atom is -0.502 e. The second-order valence-corrected chi connectivity index (χ2v) is 10.4. The number of hydrogen-bond acceptors (Lipinski definition) is 6. The molecule has 4 heterocycles. The van der Waals surface area contributed by atoms with E-state index in [2.05, 4.69) is 29.3 Å². The van der Waals surface area contributed by atoms with E-state index < -0.39 is 16.7 Å². The van der Waals surface area contributed by atoms with Crippen molar-refractivity contribution in [2.75, 3.05) is 18.3 Å². The average Bonchev–Trinajstić information content (AvgIpc) is 3.67. The lowest BCUT2D eigenvalue weighted by Crippen LogP contribution is -2.58. The van der Waals surface area contributed by atoms with Gasteiger partial charge in [-0.05, 0) is 42.2 Å². The van der Waals surface area contributed by atoms with E-state index in [1.807, 2.05) is 35.2 Å². The van der Waals surface area contributed by atoms with Crippen LogP contribution in [0.1, 0.15) is 46.1 Å². The molecule has 8 heteroatoms. The fourth-order valence-corrected chi connectivity index (χ4v) is 6.64. The maximum absolute atomic E-state index is 13.8. The highest BCUT2D eigenvalue weighted by molar-refractivity contribution is 7.98. The Kier molecular flexibility index (Phi) is 4.39. The molecule has 176 valence electrons. The van der Waals surface area contributed by atoms with Crippen LogP contribution in [-0.2, 0) is 5.75 Å². The normalized spacial score (nSPS) is 22.2. The summed E-state index contributed by atoms with van der Waals surface area (Å²) in [5, 5.41) is 12.9. The molecular formula is C27H23N3O4S. The predicted octanol–water partition coefficient (Wildman–Crippen LogP) is 3.78. The molecule has 7 nitrogen and oxygen atoms in total. The number of hydrogen-bond donors (Lipinski definition) is 1. The molecule has 1 fully saturated rings. The fourth-order valence-electron chi connectivity index (χ4n) is 5.55. The van der Waals surface area contributed by atoms with E-state index in [0.29, 0.717) is 13.3 Å². The maximum atomic E-state index is 13.8. The van der Waals surface area contributed by atoms with Crippen LogP contribution >= 0.6 is 11.8 Å². The van der Waals surface area contributed by atoms with Crippen molar-refractivity contribution in [3.05, 3.63) is 99.5 Å². The van der Waals surface area contributed by atoms with Crippen LogP contribution in [0.5, 0.6) is 11.5 Å². The molecule has 0 unspecified atom stereocenters. The molecule has 35 heavy (non-hydrogen) atoms. The minimum atomic E-state index is -0.558. The van der Waals surface area contributed by atoms with Crippen LogP contribution in [0.15, 0.2) is 76.6 Å². The van der Waals surface area contributed by atoms with Crippen LogP contribution < -0.4 is 15.2 Å². The number of pyridine rings is 1. The van der Waals surface area contributed by atoms with E-state index >= 15 is 0 Å². The smallest absolute Gasteiger partial charge is 0.278 e. The van der Waals surface area contributed by atoms with Gasteiger partial charge in [-0.25, -0.2) is 0 Å². The van der Waals surface area contributed by atoms with Gasteiger partial charge in [0.2, 0.25) is 5.43 Å². The molecule has 2 aromatic carbocycles. The van der Waals surface area contributed by atoms with Crippen LogP contribution in [0.3, 0.4) is 0 Å². The number of carbonyl (C=O) groups is 1. The molecule has 2 bridgehead atoms. The zero-order valence-electron chi connectivity index (χ0n) is 18.9. The SMILES string of the molecule is O=C1c2c(O)c(=O)ccn2N2CN1C1(/C=C\COc3cccc4c3[C@@H]2c2ccccc2SC4)CC1. The van der Waals surface area contributed by atoms with Gasteiger partial charge in [0.25, 0.3) is 5.91 Å². The third-order valence-electron chi connectivity index (χ3n) is 7.45. The van der Waals surface area contributed by atoms with Gasteiger partial charge in [0.15, 0.2) is 11.4 Å². The maximum Gasteiger partial charge on any atom is 0.278 e. The first-order valence-corrected chi connectivity index (χ1v) is 12.7. The van der Waals surface area contributed by atoms with Gasteiger partial charge in [0, 0.05) is 28.5 Å². The number of ether oxygens (including phenoxy) is 1. The molecule has 1 N–H and O–H groups in total. The van der Waals surface area contributed by atoms with Crippen molar-refractivity contribution in [1.29, 1.82) is 0 Å². The van der Waals surface area contributed by atoms with Gasteiger partial charge in [-0.3, -0.25) is 19.3 Å². The topological polar surface area (TPSA) is 75.0 Å². The van der Waals surface area contributed by atoms with Crippen molar-refractivity contribution in [3.8, 4) is 11.5 Å². The quantitative estimate of drug-likeness (QED) is 0.489. The summed E-state index contributed by atoms with van der Waals surface area (Å²) in [4.78, 5) is 29.2. The van der Waals surface area contributed by atoms with E-state index in [1.54, 1.807) is 22.6 Å². The molecule has 1 spiro atoms. The summed E-state index contributed by atoms with van der Waals surface area (Å²) in [7, 11) is 0. The fraction of sp³-hybridized carbons (Fsp3) is 0.259. The number of aromatic hydroxyl groups is 1. The molecule has 1 amide bonds. The Morgan fingerprint density at radius 2 is 1.91 bits per heavy atom. The second-order valence-electron chi connectivity index (χ2n) is 9.41. The van der Waals surface area contributed by atoms with Gasteiger partial charge in [0.05, 0.1) is 5.54 Å². The molecule has 1 aliphatic carbocycles. The lowest BCUT2D eigenvalue weighted by Gasteiger charge is -2.46. The van der Waals surface area contributed by atoms with Crippen molar-refractivity contribution in [2.45, 2.75) is 35.1 Å². The van der Waals surface area contributed by atoms with Crippen LogP contribution in [0, 0.1) is 0 Å². The number of thioether (sulfide) groups is 1. The predicted molar refractivity (Wildman–Crippen MR) is 133 cm³/mol. The molecule has 1 aromatic heterocycles. The summed E-state index contributed by atoms with van der Waals surface area (Å²) < 4.78 is 8.00. The van der Waals surface area contributed by atoms with Crippen molar-refractivity contribution < 1.29 is 14.6 Å². The average molecular weight is 486 g/mol. The zero-order valence-corrected chi connectivity index (χ0v) is 19.7. The number of aromatic nitrogens is 1. The lowest BCUT2D eigenvalue weighted by molar-refractivity contribution is 0.0605.